The molecule has 28 heavy (non-hydrogen) atoms. The predicted molar refractivity (Wildman–Crippen MR) is 114 cm³/mol. The van der Waals surface area contributed by atoms with Crippen LogP contribution in [0.15, 0.2) is 91.3 Å². The minimum Gasteiger partial charge on any atom is -0.372 e. The van der Waals surface area contributed by atoms with Crippen LogP contribution in [0.25, 0.3) is 10.8 Å². The van der Waals surface area contributed by atoms with Gasteiger partial charge in [-0.3, -0.25) is 9.78 Å². The lowest BCUT2D eigenvalue weighted by Crippen LogP contribution is -2.23. The molecule has 0 spiro atoms. The molecule has 3 heteroatoms. The molecule has 4 aromatic rings. The molecule has 0 radical (unpaired) electrons. The number of carbonyl (C=O) groups is 1. The van der Waals surface area contributed by atoms with E-state index in [1.165, 1.54) is 5.56 Å². The highest BCUT2D eigenvalue weighted by Crippen LogP contribution is 2.25. The van der Waals surface area contributed by atoms with Gasteiger partial charge in [-0.2, -0.15) is 0 Å². The lowest BCUT2D eigenvalue weighted by atomic mass is 9.94. The molecule has 0 saturated heterocycles. The van der Waals surface area contributed by atoms with Crippen molar-refractivity contribution in [3.05, 3.63) is 108 Å². The largest absolute Gasteiger partial charge is 0.372 e. The first-order valence-corrected chi connectivity index (χ1v) is 9.43. The number of nitrogens with one attached hydrogen (secondary N) is 1. The molecule has 0 fully saturated rings. The van der Waals surface area contributed by atoms with Gasteiger partial charge in [-0.1, -0.05) is 66.2 Å². The van der Waals surface area contributed by atoms with Gasteiger partial charge in [-0.25, -0.2) is 0 Å². The van der Waals surface area contributed by atoms with Crippen LogP contribution < -0.4 is 5.32 Å². The van der Waals surface area contributed by atoms with Gasteiger partial charge in [0, 0.05) is 29.9 Å². The fourth-order valence-electron chi connectivity index (χ4n) is 3.44. The first-order valence-electron chi connectivity index (χ1n) is 9.43. The highest BCUT2D eigenvalue weighted by molar-refractivity contribution is 5.94. The molecule has 0 amide bonds. The first-order chi connectivity index (χ1) is 13.7. The third-order valence-electron chi connectivity index (χ3n) is 4.95. The summed E-state index contributed by atoms with van der Waals surface area (Å²) in [6.07, 6.45) is 3.97. The van der Waals surface area contributed by atoms with E-state index in [9.17, 15) is 4.79 Å². The number of anilines is 1. The van der Waals surface area contributed by atoms with Crippen LogP contribution in [0, 0.1) is 6.92 Å². The van der Waals surface area contributed by atoms with E-state index in [1.54, 1.807) is 6.20 Å². The number of aryl methyl sites for hydroxylation is 1. The molecule has 0 aliphatic carbocycles. The lowest BCUT2D eigenvalue weighted by molar-refractivity contribution is -0.119. The van der Waals surface area contributed by atoms with Gasteiger partial charge in [0.25, 0.3) is 0 Å². The number of Topliss-reactive ketones (excluding diaryl/α,β-unsaturated/α-hetero) is 1. The van der Waals surface area contributed by atoms with E-state index in [-0.39, 0.29) is 5.78 Å². The number of fused-ring (bicyclic) bond motifs is 1. The Balaban J connectivity index is 1.67. The molecule has 1 atom stereocenters. The zero-order valence-electron chi connectivity index (χ0n) is 15.8. The summed E-state index contributed by atoms with van der Waals surface area (Å²) in [5, 5.41) is 5.55. The van der Waals surface area contributed by atoms with Gasteiger partial charge >= 0.3 is 0 Å². The smallest absolute Gasteiger partial charge is 0.163 e. The van der Waals surface area contributed by atoms with E-state index in [1.807, 2.05) is 85.1 Å². The molecule has 0 saturated carbocycles. The van der Waals surface area contributed by atoms with E-state index < -0.39 is 6.04 Å². The molecule has 4 rings (SSSR count). The Labute approximate surface area is 165 Å². The van der Waals surface area contributed by atoms with Crippen LogP contribution >= 0.6 is 0 Å². The highest BCUT2D eigenvalue weighted by atomic mass is 16.1. The Morgan fingerprint density at radius 2 is 1.71 bits per heavy atom. The van der Waals surface area contributed by atoms with Crippen LogP contribution in [0.2, 0.25) is 0 Å². The predicted octanol–water partition coefficient (Wildman–Crippen LogP) is 5.51. The summed E-state index contributed by atoms with van der Waals surface area (Å²) in [6, 6.07) is 25.6. The Morgan fingerprint density at radius 1 is 0.929 bits per heavy atom. The van der Waals surface area contributed by atoms with Crippen molar-refractivity contribution in [2.24, 2.45) is 0 Å². The normalized spacial score (nSPS) is 11.9. The van der Waals surface area contributed by atoms with Crippen LogP contribution in [0.5, 0.6) is 0 Å². The Morgan fingerprint density at radius 3 is 2.50 bits per heavy atom. The number of benzene rings is 3. The van der Waals surface area contributed by atoms with Crippen molar-refractivity contribution in [3.63, 3.8) is 0 Å². The SMILES string of the molecule is Cc1ccc([C@@H](Nc2ccccc2)C(=O)Cc2cccc3cnccc23)cc1. The lowest BCUT2D eigenvalue weighted by Gasteiger charge is -2.20. The molecule has 1 aromatic heterocycles. The van der Waals surface area contributed by atoms with Gasteiger partial charge in [-0.05, 0) is 41.6 Å². The monoisotopic (exact) mass is 366 g/mol. The van der Waals surface area contributed by atoms with Gasteiger partial charge < -0.3 is 5.32 Å². The maximum Gasteiger partial charge on any atom is 0.163 e. The average Bonchev–Trinajstić information content (AvgIpc) is 2.74. The van der Waals surface area contributed by atoms with Gasteiger partial charge in [0.2, 0.25) is 0 Å². The van der Waals surface area contributed by atoms with Crippen molar-refractivity contribution >= 4 is 22.2 Å². The quantitative estimate of drug-likeness (QED) is 0.489. The van der Waals surface area contributed by atoms with Crippen molar-refractivity contribution < 1.29 is 4.79 Å². The van der Waals surface area contributed by atoms with Gasteiger partial charge in [0.15, 0.2) is 5.78 Å². The minimum absolute atomic E-state index is 0.136. The van der Waals surface area contributed by atoms with Gasteiger partial charge in [0.05, 0.1) is 0 Å². The van der Waals surface area contributed by atoms with E-state index >= 15 is 0 Å². The zero-order valence-corrected chi connectivity index (χ0v) is 15.8. The fourth-order valence-corrected chi connectivity index (χ4v) is 3.44. The minimum atomic E-state index is -0.403. The number of nitrogens with zero attached hydrogens (tertiary/aromatic N) is 1. The Kier molecular flexibility index (Phi) is 5.16. The standard InChI is InChI=1S/C25H22N2O/c1-18-10-12-19(13-11-18)25(27-22-8-3-2-4-9-22)24(28)16-20-6-5-7-21-17-26-15-14-23(20)21/h2-15,17,25,27H,16H2,1H3/t25-/m1/s1. The Hall–Kier alpha value is -3.46. The van der Waals surface area contributed by atoms with Crippen molar-refractivity contribution in [2.75, 3.05) is 5.32 Å². The first kappa shape index (κ1) is 17.9. The second-order valence-electron chi connectivity index (χ2n) is 7.01. The van der Waals surface area contributed by atoms with E-state index in [0.717, 1.165) is 27.6 Å². The molecule has 0 bridgehead atoms. The van der Waals surface area contributed by atoms with E-state index in [2.05, 4.69) is 17.2 Å². The van der Waals surface area contributed by atoms with Crippen LogP contribution in [0.4, 0.5) is 5.69 Å². The molecule has 1 heterocycles. The zero-order chi connectivity index (χ0) is 19.3. The van der Waals surface area contributed by atoms with Crippen LogP contribution in [0.1, 0.15) is 22.7 Å². The second kappa shape index (κ2) is 8.05. The van der Waals surface area contributed by atoms with Crippen LogP contribution in [-0.4, -0.2) is 10.8 Å². The number of carbonyl (C=O) groups excluding carboxylic acids is 1. The number of ketones is 1. The average molecular weight is 366 g/mol. The maximum absolute atomic E-state index is 13.4. The highest BCUT2D eigenvalue weighted by Gasteiger charge is 2.21. The van der Waals surface area contributed by atoms with Crippen LogP contribution in [-0.2, 0) is 11.2 Å². The van der Waals surface area contributed by atoms with Crippen molar-refractivity contribution in [1.29, 1.82) is 0 Å². The van der Waals surface area contributed by atoms with Crippen molar-refractivity contribution in [3.8, 4) is 0 Å². The van der Waals surface area contributed by atoms with E-state index in [0.29, 0.717) is 6.42 Å². The molecule has 138 valence electrons. The summed E-state index contributed by atoms with van der Waals surface area (Å²) in [4.78, 5) is 17.6. The molecule has 0 aliphatic heterocycles. The third kappa shape index (κ3) is 3.94. The summed E-state index contributed by atoms with van der Waals surface area (Å²) in [6.45, 7) is 2.05. The Bertz CT molecular complexity index is 1080. The molecular weight excluding hydrogens is 344 g/mol. The van der Waals surface area contributed by atoms with Crippen LogP contribution in [0.3, 0.4) is 0 Å². The topological polar surface area (TPSA) is 42.0 Å². The summed E-state index contributed by atoms with van der Waals surface area (Å²) in [5.41, 5.74) is 4.11. The number of hydrogen-bond donors (Lipinski definition) is 1. The number of hydrogen-bond acceptors (Lipinski definition) is 3. The second-order valence-corrected chi connectivity index (χ2v) is 7.01. The summed E-state index contributed by atoms with van der Waals surface area (Å²) in [7, 11) is 0. The molecule has 3 nitrogen and oxygen atoms in total. The van der Waals surface area contributed by atoms with Crippen molar-refractivity contribution in [2.45, 2.75) is 19.4 Å². The summed E-state index contributed by atoms with van der Waals surface area (Å²) < 4.78 is 0. The molecule has 0 unspecified atom stereocenters. The summed E-state index contributed by atoms with van der Waals surface area (Å²) in [5.74, 6) is 0.136. The number of rotatable bonds is 6. The molecule has 3 aromatic carbocycles. The number of aromatic nitrogens is 1. The summed E-state index contributed by atoms with van der Waals surface area (Å²) >= 11 is 0. The van der Waals surface area contributed by atoms with E-state index in [4.69, 9.17) is 0 Å². The third-order valence-corrected chi connectivity index (χ3v) is 4.95. The fraction of sp³-hybridized carbons (Fsp3) is 0.120. The van der Waals surface area contributed by atoms with Gasteiger partial charge in [-0.15, -0.1) is 0 Å². The molecule has 0 aliphatic rings. The number of pyridine rings is 1. The molecular formula is C25H22N2O. The van der Waals surface area contributed by atoms with Gasteiger partial charge in [0.1, 0.15) is 6.04 Å². The van der Waals surface area contributed by atoms with Crippen molar-refractivity contribution in [1.82, 2.24) is 4.98 Å². The number of para-hydroxylation sites is 1. The molecule has 1 N–H and O–H groups in total. The maximum atomic E-state index is 13.4.